The Morgan fingerprint density at radius 1 is 1.08 bits per heavy atom. The molecule has 0 radical (unpaired) electrons. The van der Waals surface area contributed by atoms with E-state index in [4.69, 9.17) is 4.74 Å². The highest BCUT2D eigenvalue weighted by Gasteiger charge is 2.11. The average molecular weight is 323 g/mol. The molecule has 3 aliphatic heterocycles. The lowest BCUT2D eigenvalue weighted by Gasteiger charge is -2.28. The number of benzene rings is 1. The maximum atomic E-state index is 11.4. The summed E-state index contributed by atoms with van der Waals surface area (Å²) in [5, 5.41) is 3.19. The van der Waals surface area contributed by atoms with Crippen molar-refractivity contribution in [2.24, 2.45) is 0 Å². The van der Waals surface area contributed by atoms with E-state index in [1.165, 1.54) is 11.8 Å². The van der Waals surface area contributed by atoms with E-state index in [0.29, 0.717) is 11.8 Å². The van der Waals surface area contributed by atoms with Crippen molar-refractivity contribution in [2.75, 3.05) is 36.5 Å². The number of aromatic amines is 1. The molecule has 0 spiro atoms. The number of anilines is 3. The Kier molecular flexibility index (Phi) is 3.84. The third kappa shape index (κ3) is 3.07. The van der Waals surface area contributed by atoms with Gasteiger partial charge < -0.3 is 19.9 Å². The van der Waals surface area contributed by atoms with Gasteiger partial charge in [-0.05, 0) is 30.3 Å². The van der Waals surface area contributed by atoms with Crippen LogP contribution in [0.15, 0.2) is 47.4 Å². The van der Waals surface area contributed by atoms with E-state index in [1.54, 1.807) is 12.3 Å². The molecule has 4 rings (SSSR count). The first-order valence-electron chi connectivity index (χ1n) is 7.84. The van der Waals surface area contributed by atoms with Crippen LogP contribution in [-0.4, -0.2) is 41.3 Å². The van der Waals surface area contributed by atoms with Crippen LogP contribution < -0.4 is 15.8 Å². The molecule has 0 bridgehead atoms. The summed E-state index contributed by atoms with van der Waals surface area (Å²) < 4.78 is 5.37. The van der Waals surface area contributed by atoms with Gasteiger partial charge in [0.1, 0.15) is 5.82 Å². The van der Waals surface area contributed by atoms with Crippen LogP contribution in [0.25, 0.3) is 11.4 Å². The van der Waals surface area contributed by atoms with E-state index < -0.39 is 0 Å². The minimum atomic E-state index is -0.272. The standard InChI is InChI=1S/C17H17N5O2/c23-15-6-1-12-11-18-17(21-16(12)20-15)19-13-2-4-14(5-3-13)22-7-9-24-10-8-22/h1-6,11H,7-10H2,(H2,18,19,20,21,23). The smallest absolute Gasteiger partial charge is 0.271 e. The molecule has 0 saturated carbocycles. The van der Waals surface area contributed by atoms with Gasteiger partial charge in [-0.2, -0.15) is 4.98 Å². The molecule has 1 fully saturated rings. The van der Waals surface area contributed by atoms with Gasteiger partial charge in [-0.15, -0.1) is 0 Å². The summed E-state index contributed by atoms with van der Waals surface area (Å²) in [4.78, 5) is 24.9. The number of fused-ring (bicyclic) bond motifs is 1. The molecule has 7 nitrogen and oxygen atoms in total. The zero-order valence-electron chi connectivity index (χ0n) is 13.0. The van der Waals surface area contributed by atoms with Gasteiger partial charge in [0.15, 0.2) is 0 Å². The number of ether oxygens (including phenoxy) is 1. The number of hydrogen-bond acceptors (Lipinski definition) is 6. The fraction of sp³-hybridized carbons (Fsp3) is 0.235. The second-order valence-electron chi connectivity index (χ2n) is 5.59. The van der Waals surface area contributed by atoms with Crippen LogP contribution in [0, 0.1) is 0 Å². The Morgan fingerprint density at radius 2 is 1.88 bits per heavy atom. The van der Waals surface area contributed by atoms with E-state index in [-0.39, 0.29) is 5.56 Å². The lowest BCUT2D eigenvalue weighted by molar-refractivity contribution is 0.122. The lowest BCUT2D eigenvalue weighted by Crippen LogP contribution is -2.36. The molecular formula is C17H17N5O2. The van der Waals surface area contributed by atoms with Crippen molar-refractivity contribution in [2.45, 2.75) is 0 Å². The summed E-state index contributed by atoms with van der Waals surface area (Å²) in [6.45, 7) is 3.36. The zero-order valence-corrected chi connectivity index (χ0v) is 13.0. The average Bonchev–Trinajstić information content (AvgIpc) is 2.63. The molecule has 24 heavy (non-hydrogen) atoms. The quantitative estimate of drug-likeness (QED) is 0.765. The van der Waals surface area contributed by atoms with Gasteiger partial charge in [0.05, 0.1) is 13.2 Å². The van der Waals surface area contributed by atoms with Crippen LogP contribution in [-0.2, 0) is 4.74 Å². The summed E-state index contributed by atoms with van der Waals surface area (Å²) >= 11 is 0. The van der Waals surface area contributed by atoms with E-state index in [0.717, 1.165) is 37.6 Å². The number of rotatable bonds is 3. The zero-order chi connectivity index (χ0) is 16.4. The summed E-state index contributed by atoms with van der Waals surface area (Å²) in [7, 11) is 0. The molecule has 0 amide bonds. The first kappa shape index (κ1) is 14.6. The van der Waals surface area contributed by atoms with Crippen molar-refractivity contribution >= 4 is 17.3 Å². The van der Waals surface area contributed by atoms with Gasteiger partial charge in [-0.25, -0.2) is 4.98 Å². The van der Waals surface area contributed by atoms with Crippen LogP contribution in [0.1, 0.15) is 0 Å². The maximum absolute atomic E-state index is 11.4. The Bertz CT molecular complexity index is 855. The Morgan fingerprint density at radius 3 is 2.67 bits per heavy atom. The number of nitrogens with zero attached hydrogens (tertiary/aromatic N) is 3. The molecule has 3 heterocycles. The SMILES string of the molecule is O=c1ccc2cnc(Nc3ccc(N4CCOCC4)cc3)[nH]c-2n1. The lowest BCUT2D eigenvalue weighted by atomic mass is 10.2. The Hall–Kier alpha value is -2.93. The monoisotopic (exact) mass is 323 g/mol. The number of pyridine rings is 1. The minimum Gasteiger partial charge on any atom is -0.378 e. The van der Waals surface area contributed by atoms with Crippen molar-refractivity contribution in [3.63, 3.8) is 0 Å². The summed E-state index contributed by atoms with van der Waals surface area (Å²) in [5.74, 6) is 1.06. The first-order valence-corrected chi connectivity index (χ1v) is 7.84. The highest BCUT2D eigenvalue weighted by atomic mass is 16.5. The van der Waals surface area contributed by atoms with Crippen molar-refractivity contribution in [3.8, 4) is 11.4 Å². The summed E-state index contributed by atoms with van der Waals surface area (Å²) in [6, 6.07) is 11.3. The van der Waals surface area contributed by atoms with Crippen LogP contribution in [0.3, 0.4) is 0 Å². The van der Waals surface area contributed by atoms with Gasteiger partial charge in [0.25, 0.3) is 5.56 Å². The van der Waals surface area contributed by atoms with Crippen LogP contribution in [0.5, 0.6) is 0 Å². The van der Waals surface area contributed by atoms with Gasteiger partial charge >= 0.3 is 0 Å². The van der Waals surface area contributed by atoms with Crippen LogP contribution in [0.4, 0.5) is 17.3 Å². The fourth-order valence-electron chi connectivity index (χ4n) is 2.71. The molecule has 7 heteroatoms. The number of aromatic nitrogens is 3. The second kappa shape index (κ2) is 6.29. The molecule has 122 valence electrons. The van der Waals surface area contributed by atoms with Gasteiger partial charge in [0.2, 0.25) is 5.95 Å². The molecule has 0 aliphatic carbocycles. The van der Waals surface area contributed by atoms with Crippen molar-refractivity contribution in [3.05, 3.63) is 52.9 Å². The number of nitrogens with one attached hydrogen (secondary N) is 2. The molecule has 1 aromatic rings. The van der Waals surface area contributed by atoms with Crippen LogP contribution >= 0.6 is 0 Å². The van der Waals surface area contributed by atoms with Gasteiger partial charge in [-0.3, -0.25) is 4.79 Å². The van der Waals surface area contributed by atoms with E-state index in [1.807, 2.05) is 12.1 Å². The predicted molar refractivity (Wildman–Crippen MR) is 92.0 cm³/mol. The van der Waals surface area contributed by atoms with E-state index >= 15 is 0 Å². The highest BCUT2D eigenvalue weighted by Crippen LogP contribution is 2.22. The first-order chi connectivity index (χ1) is 11.8. The molecule has 0 aromatic heterocycles. The van der Waals surface area contributed by atoms with E-state index in [9.17, 15) is 4.79 Å². The van der Waals surface area contributed by atoms with Gasteiger partial charge in [-0.1, -0.05) is 0 Å². The topological polar surface area (TPSA) is 83.1 Å². The predicted octanol–water partition coefficient (Wildman–Crippen LogP) is 1.85. The molecule has 3 aliphatic rings. The third-order valence-corrected chi connectivity index (χ3v) is 3.98. The molecule has 1 saturated heterocycles. The third-order valence-electron chi connectivity index (χ3n) is 3.98. The fourth-order valence-corrected chi connectivity index (χ4v) is 2.71. The highest BCUT2D eigenvalue weighted by molar-refractivity contribution is 5.62. The van der Waals surface area contributed by atoms with Crippen LogP contribution in [0.2, 0.25) is 0 Å². The van der Waals surface area contributed by atoms with Gasteiger partial charge in [0, 0.05) is 42.3 Å². The molecule has 0 unspecified atom stereocenters. The molecular weight excluding hydrogens is 306 g/mol. The van der Waals surface area contributed by atoms with E-state index in [2.05, 4.69) is 37.3 Å². The summed E-state index contributed by atoms with van der Waals surface area (Å²) in [6.07, 6.45) is 1.68. The maximum Gasteiger partial charge on any atom is 0.271 e. The number of morpholine rings is 1. The largest absolute Gasteiger partial charge is 0.378 e. The second-order valence-corrected chi connectivity index (χ2v) is 5.59. The normalized spacial score (nSPS) is 14.8. The van der Waals surface area contributed by atoms with Crippen molar-refractivity contribution in [1.82, 2.24) is 15.0 Å². The molecule has 0 atom stereocenters. The number of hydrogen-bond donors (Lipinski definition) is 2. The number of H-pyrrole nitrogens is 1. The van der Waals surface area contributed by atoms with Crippen molar-refractivity contribution in [1.29, 1.82) is 0 Å². The molecule has 2 N–H and O–H groups in total. The minimum absolute atomic E-state index is 0.272. The Balaban J connectivity index is 1.53. The van der Waals surface area contributed by atoms with Crippen molar-refractivity contribution < 1.29 is 4.74 Å². The molecule has 1 aromatic carbocycles. The Labute approximate surface area is 138 Å². The summed E-state index contributed by atoms with van der Waals surface area (Å²) in [5.41, 5.74) is 2.61.